The van der Waals surface area contributed by atoms with Crippen molar-refractivity contribution in [3.8, 4) is 0 Å². The van der Waals surface area contributed by atoms with Crippen molar-refractivity contribution >= 4 is 21.7 Å². The zero-order valence-electron chi connectivity index (χ0n) is 12.2. The molecule has 0 aromatic heterocycles. The minimum Gasteiger partial charge on any atom is -0.465 e. The molecule has 0 radical (unpaired) electrons. The number of aliphatic hydroxyl groups is 1. The van der Waals surface area contributed by atoms with Crippen LogP contribution in [0.1, 0.15) is 24.2 Å². The smallest absolute Gasteiger partial charge is 0.339 e. The third-order valence-electron chi connectivity index (χ3n) is 3.01. The van der Waals surface area contributed by atoms with Crippen LogP contribution in [0.5, 0.6) is 0 Å². The fourth-order valence-corrected chi connectivity index (χ4v) is 3.25. The third kappa shape index (κ3) is 4.16. The lowest BCUT2D eigenvalue weighted by Gasteiger charge is -2.20. The maximum absolute atomic E-state index is 12.4. The number of rotatable bonds is 6. The molecule has 0 amide bonds. The molecule has 1 aromatic carbocycles. The van der Waals surface area contributed by atoms with Crippen molar-refractivity contribution in [3.63, 3.8) is 0 Å². The molecule has 7 nitrogen and oxygen atoms in total. The highest BCUT2D eigenvalue weighted by Crippen LogP contribution is 2.20. The number of carbonyl (C=O) groups excluding carboxylic acids is 1. The van der Waals surface area contributed by atoms with Crippen molar-refractivity contribution in [1.29, 1.82) is 0 Å². The second kappa shape index (κ2) is 6.88. The van der Waals surface area contributed by atoms with Crippen LogP contribution in [0.15, 0.2) is 23.1 Å². The molecule has 0 aliphatic heterocycles. The first-order chi connectivity index (χ1) is 9.72. The predicted molar refractivity (Wildman–Crippen MR) is 78.2 cm³/mol. The summed E-state index contributed by atoms with van der Waals surface area (Å²) >= 11 is 0. The first kappa shape index (κ1) is 17.4. The van der Waals surface area contributed by atoms with Gasteiger partial charge in [-0.05, 0) is 24.1 Å². The molecule has 0 saturated carbocycles. The third-order valence-corrected chi connectivity index (χ3v) is 4.55. The number of benzene rings is 1. The monoisotopic (exact) mass is 316 g/mol. The Labute approximate surface area is 124 Å². The molecule has 4 N–H and O–H groups in total. The molecular formula is C13H20N2O5S. The Morgan fingerprint density at radius 3 is 2.52 bits per heavy atom. The Balaban J connectivity index is 3.28. The van der Waals surface area contributed by atoms with E-state index in [0.29, 0.717) is 0 Å². The Kier molecular flexibility index (Phi) is 5.70. The molecule has 21 heavy (non-hydrogen) atoms. The van der Waals surface area contributed by atoms with Crippen LogP contribution in [-0.2, 0) is 14.8 Å². The van der Waals surface area contributed by atoms with Crippen LogP contribution in [0.4, 0.5) is 5.69 Å². The molecule has 0 fully saturated rings. The van der Waals surface area contributed by atoms with Gasteiger partial charge >= 0.3 is 5.97 Å². The molecule has 0 heterocycles. The van der Waals surface area contributed by atoms with Crippen LogP contribution >= 0.6 is 0 Å². The van der Waals surface area contributed by atoms with Crippen molar-refractivity contribution in [2.24, 2.45) is 5.92 Å². The second-order valence-electron chi connectivity index (χ2n) is 4.90. The minimum absolute atomic E-state index is 0.111. The average Bonchev–Trinajstić information content (AvgIpc) is 2.43. The number of sulfonamides is 1. The van der Waals surface area contributed by atoms with Crippen molar-refractivity contribution in [2.45, 2.75) is 24.8 Å². The van der Waals surface area contributed by atoms with Gasteiger partial charge in [-0.15, -0.1) is 0 Å². The van der Waals surface area contributed by atoms with E-state index in [1.165, 1.54) is 18.2 Å². The fraction of sp³-hybridized carbons (Fsp3) is 0.462. The summed E-state index contributed by atoms with van der Waals surface area (Å²) in [5.41, 5.74) is 5.68. The molecule has 1 atom stereocenters. The summed E-state index contributed by atoms with van der Waals surface area (Å²) in [7, 11) is -2.83. The first-order valence-corrected chi connectivity index (χ1v) is 7.82. The quantitative estimate of drug-likeness (QED) is 0.515. The molecule has 0 aliphatic rings. The van der Waals surface area contributed by atoms with Crippen LogP contribution in [0.25, 0.3) is 0 Å². The van der Waals surface area contributed by atoms with Gasteiger partial charge in [-0.25, -0.2) is 17.9 Å². The van der Waals surface area contributed by atoms with Crippen LogP contribution in [0.3, 0.4) is 0 Å². The summed E-state index contributed by atoms with van der Waals surface area (Å²) < 4.78 is 31.7. The van der Waals surface area contributed by atoms with Crippen molar-refractivity contribution < 1.29 is 23.1 Å². The fourth-order valence-electron chi connectivity index (χ4n) is 1.70. The topological polar surface area (TPSA) is 119 Å². The Bertz CT molecular complexity index is 613. The summed E-state index contributed by atoms with van der Waals surface area (Å²) in [6, 6.07) is 3.20. The predicted octanol–water partition coefficient (Wildman–Crippen LogP) is 0.351. The van der Waals surface area contributed by atoms with E-state index < -0.39 is 22.0 Å². The van der Waals surface area contributed by atoms with E-state index in [-0.39, 0.29) is 28.7 Å². The lowest BCUT2D eigenvalue weighted by Crippen LogP contribution is -2.41. The lowest BCUT2D eigenvalue weighted by molar-refractivity contribution is 0.0596. The summed E-state index contributed by atoms with van der Waals surface area (Å²) in [5.74, 6) is -0.909. The highest BCUT2D eigenvalue weighted by Gasteiger charge is 2.27. The SMILES string of the molecule is COC(=O)c1cc(N)ccc1S(=O)(=O)NC(CO)C(C)C. The van der Waals surface area contributed by atoms with E-state index in [9.17, 15) is 18.3 Å². The number of anilines is 1. The van der Waals surface area contributed by atoms with Gasteiger partial charge < -0.3 is 15.6 Å². The maximum atomic E-state index is 12.4. The number of nitrogen functional groups attached to an aromatic ring is 1. The van der Waals surface area contributed by atoms with Crippen molar-refractivity contribution in [3.05, 3.63) is 23.8 Å². The Morgan fingerprint density at radius 2 is 2.05 bits per heavy atom. The van der Waals surface area contributed by atoms with Gasteiger partial charge in [0.2, 0.25) is 10.0 Å². The summed E-state index contributed by atoms with van der Waals surface area (Å²) in [6.07, 6.45) is 0. The number of hydrogen-bond acceptors (Lipinski definition) is 6. The highest BCUT2D eigenvalue weighted by molar-refractivity contribution is 7.89. The molecule has 8 heteroatoms. The maximum Gasteiger partial charge on any atom is 0.339 e. The molecule has 1 unspecified atom stereocenters. The number of carbonyl (C=O) groups is 1. The molecule has 118 valence electrons. The van der Waals surface area contributed by atoms with Gasteiger partial charge in [0, 0.05) is 11.7 Å². The van der Waals surface area contributed by atoms with Gasteiger partial charge in [-0.3, -0.25) is 0 Å². The van der Waals surface area contributed by atoms with Crippen LogP contribution in [0.2, 0.25) is 0 Å². The first-order valence-electron chi connectivity index (χ1n) is 6.34. The zero-order chi connectivity index (χ0) is 16.2. The van der Waals surface area contributed by atoms with Gasteiger partial charge in [0.25, 0.3) is 0 Å². The van der Waals surface area contributed by atoms with Gasteiger partial charge in [-0.1, -0.05) is 13.8 Å². The van der Waals surface area contributed by atoms with Gasteiger partial charge in [0.15, 0.2) is 0 Å². The van der Waals surface area contributed by atoms with Gasteiger partial charge in [-0.2, -0.15) is 0 Å². The van der Waals surface area contributed by atoms with Crippen LogP contribution in [0, 0.1) is 5.92 Å². The molecule has 0 spiro atoms. The number of aliphatic hydroxyl groups excluding tert-OH is 1. The number of nitrogens with two attached hydrogens (primary N) is 1. The Morgan fingerprint density at radius 1 is 1.43 bits per heavy atom. The molecule has 1 aromatic rings. The second-order valence-corrected chi connectivity index (χ2v) is 6.58. The summed E-state index contributed by atoms with van der Waals surface area (Å²) in [6.45, 7) is 3.20. The number of ether oxygens (including phenoxy) is 1. The van der Waals surface area contributed by atoms with Crippen LogP contribution in [-0.4, -0.2) is 39.3 Å². The Hall–Kier alpha value is -1.64. The van der Waals surface area contributed by atoms with Gasteiger partial charge in [0.05, 0.1) is 24.2 Å². The highest BCUT2D eigenvalue weighted by atomic mass is 32.2. The van der Waals surface area contributed by atoms with E-state index in [2.05, 4.69) is 9.46 Å². The molecular weight excluding hydrogens is 296 g/mol. The number of nitrogens with one attached hydrogen (secondary N) is 1. The number of hydrogen-bond donors (Lipinski definition) is 3. The summed E-state index contributed by atoms with van der Waals surface area (Å²) in [5, 5.41) is 9.24. The van der Waals surface area contributed by atoms with E-state index in [1.807, 2.05) is 0 Å². The molecule has 0 saturated heterocycles. The van der Waals surface area contributed by atoms with E-state index in [1.54, 1.807) is 13.8 Å². The molecule has 0 bridgehead atoms. The van der Waals surface area contributed by atoms with Crippen molar-refractivity contribution in [1.82, 2.24) is 4.72 Å². The molecule has 0 aliphatic carbocycles. The normalized spacial score (nSPS) is 13.2. The zero-order valence-corrected chi connectivity index (χ0v) is 13.0. The van der Waals surface area contributed by atoms with Crippen LogP contribution < -0.4 is 10.5 Å². The van der Waals surface area contributed by atoms with Gasteiger partial charge in [0.1, 0.15) is 0 Å². The largest absolute Gasteiger partial charge is 0.465 e. The van der Waals surface area contributed by atoms with E-state index >= 15 is 0 Å². The minimum atomic E-state index is -3.99. The number of methoxy groups -OCH3 is 1. The molecule has 1 rings (SSSR count). The summed E-state index contributed by atoms with van der Waals surface area (Å²) in [4.78, 5) is 11.5. The lowest BCUT2D eigenvalue weighted by atomic mass is 10.1. The standard InChI is InChI=1S/C13H20N2O5S/c1-8(2)11(7-16)15-21(18,19)12-5-4-9(14)6-10(12)13(17)20-3/h4-6,8,11,15-16H,7,14H2,1-3H3. The van der Waals surface area contributed by atoms with E-state index in [0.717, 1.165) is 7.11 Å². The number of esters is 1. The van der Waals surface area contributed by atoms with E-state index in [4.69, 9.17) is 5.73 Å². The van der Waals surface area contributed by atoms with Crippen molar-refractivity contribution in [2.75, 3.05) is 19.5 Å². The average molecular weight is 316 g/mol.